The van der Waals surface area contributed by atoms with Gasteiger partial charge < -0.3 is 20.3 Å². The van der Waals surface area contributed by atoms with Gasteiger partial charge in [-0.15, -0.1) is 0 Å². The summed E-state index contributed by atoms with van der Waals surface area (Å²) in [5, 5.41) is 0. The monoisotopic (exact) mass is 514 g/mol. The zero-order chi connectivity index (χ0) is 27.0. The summed E-state index contributed by atoms with van der Waals surface area (Å²) >= 11 is 0. The van der Waals surface area contributed by atoms with Gasteiger partial charge in [0.2, 0.25) is 5.91 Å². The van der Waals surface area contributed by atoms with Crippen LogP contribution in [0.25, 0.3) is 28.2 Å². The van der Waals surface area contributed by atoms with Crippen LogP contribution in [0.4, 0.5) is 11.5 Å². The van der Waals surface area contributed by atoms with Crippen molar-refractivity contribution in [1.29, 1.82) is 0 Å². The van der Waals surface area contributed by atoms with E-state index in [0.29, 0.717) is 50.2 Å². The van der Waals surface area contributed by atoms with Crippen LogP contribution in [0.5, 0.6) is 0 Å². The molecule has 2 fully saturated rings. The third-order valence-electron chi connectivity index (χ3n) is 7.86. The lowest BCUT2D eigenvalue weighted by Gasteiger charge is -2.44. The number of benzene rings is 1. The van der Waals surface area contributed by atoms with Crippen molar-refractivity contribution in [2.75, 3.05) is 44.0 Å². The van der Waals surface area contributed by atoms with E-state index in [0.717, 1.165) is 57.8 Å². The Hall–Kier alpha value is -3.52. The van der Waals surface area contributed by atoms with Crippen molar-refractivity contribution < 1.29 is 9.53 Å². The number of aromatic nitrogens is 3. The first-order valence-corrected chi connectivity index (χ1v) is 13.6. The number of nitrogens with zero attached hydrogens (tertiary/aromatic N) is 5. The molecular formula is C30H38N6O2. The molecular weight excluding hydrogens is 476 g/mol. The number of pyridine rings is 1. The molecule has 5 rings (SSSR count). The van der Waals surface area contributed by atoms with Crippen LogP contribution in [-0.2, 0) is 9.53 Å². The Morgan fingerprint density at radius 3 is 2.74 bits per heavy atom. The predicted molar refractivity (Wildman–Crippen MR) is 153 cm³/mol. The highest BCUT2D eigenvalue weighted by Crippen LogP contribution is 2.48. The van der Waals surface area contributed by atoms with Gasteiger partial charge >= 0.3 is 0 Å². The smallest absolute Gasteiger partial charge is 0.225 e. The number of amides is 1. The lowest BCUT2D eigenvalue weighted by molar-refractivity contribution is -0.135. The molecule has 0 bridgehead atoms. The van der Waals surface area contributed by atoms with E-state index in [4.69, 9.17) is 25.4 Å². The van der Waals surface area contributed by atoms with Crippen LogP contribution in [-0.4, -0.2) is 65.2 Å². The van der Waals surface area contributed by atoms with E-state index >= 15 is 0 Å². The van der Waals surface area contributed by atoms with E-state index < -0.39 is 0 Å². The summed E-state index contributed by atoms with van der Waals surface area (Å²) in [6.45, 7) is 12.8. The summed E-state index contributed by atoms with van der Waals surface area (Å²) in [6, 6.07) is 6.19. The van der Waals surface area contributed by atoms with Crippen LogP contribution in [0.2, 0.25) is 0 Å². The first kappa shape index (κ1) is 26.1. The number of piperazine rings is 1. The number of anilines is 2. The summed E-state index contributed by atoms with van der Waals surface area (Å²) in [6.07, 6.45) is 6.12. The molecule has 38 heavy (non-hydrogen) atoms. The van der Waals surface area contributed by atoms with Crippen molar-refractivity contribution in [2.24, 2.45) is 5.92 Å². The fraction of sp³-hybridized carbons (Fsp3) is 0.467. The average molecular weight is 515 g/mol. The minimum Gasteiger partial charge on any atom is -0.396 e. The summed E-state index contributed by atoms with van der Waals surface area (Å²) in [7, 11) is 1.63. The lowest BCUT2D eigenvalue weighted by atomic mass is 9.93. The number of methoxy groups -OCH3 is 1. The van der Waals surface area contributed by atoms with Gasteiger partial charge in [-0.25, -0.2) is 9.97 Å². The van der Waals surface area contributed by atoms with Gasteiger partial charge in [0, 0.05) is 43.8 Å². The largest absolute Gasteiger partial charge is 0.396 e. The first-order valence-electron chi connectivity index (χ1n) is 13.6. The minimum absolute atomic E-state index is 0.0889. The number of para-hydroxylation sites is 1. The normalized spacial score (nSPS) is 17.9. The van der Waals surface area contributed by atoms with Gasteiger partial charge in [-0.1, -0.05) is 32.6 Å². The Kier molecular flexibility index (Phi) is 7.34. The zero-order valence-electron chi connectivity index (χ0n) is 22.9. The molecule has 1 saturated carbocycles. The van der Waals surface area contributed by atoms with Crippen molar-refractivity contribution in [3.05, 3.63) is 47.9 Å². The summed E-state index contributed by atoms with van der Waals surface area (Å²) in [5.74, 6) is 1.70. The van der Waals surface area contributed by atoms with Crippen molar-refractivity contribution in [1.82, 2.24) is 19.9 Å². The Bertz CT molecular complexity index is 1370. The fourth-order valence-corrected chi connectivity index (χ4v) is 5.53. The quantitative estimate of drug-likeness (QED) is 0.461. The molecule has 2 N–H and O–H groups in total. The zero-order valence-corrected chi connectivity index (χ0v) is 22.9. The molecule has 0 radical (unpaired) electrons. The number of ether oxygens (including phenoxy) is 1. The van der Waals surface area contributed by atoms with Gasteiger partial charge in [0.15, 0.2) is 5.82 Å². The van der Waals surface area contributed by atoms with Gasteiger partial charge in [-0.3, -0.25) is 9.78 Å². The van der Waals surface area contributed by atoms with Crippen LogP contribution in [0.3, 0.4) is 0 Å². The Morgan fingerprint density at radius 2 is 2.05 bits per heavy atom. The molecule has 8 nitrogen and oxygen atoms in total. The number of rotatable bonds is 8. The van der Waals surface area contributed by atoms with Gasteiger partial charge in [-0.05, 0) is 43.4 Å². The van der Waals surface area contributed by atoms with Crippen molar-refractivity contribution >= 4 is 34.5 Å². The molecule has 1 aliphatic heterocycles. The summed E-state index contributed by atoms with van der Waals surface area (Å²) < 4.78 is 5.15. The molecule has 1 aromatic carbocycles. The third-order valence-corrected chi connectivity index (χ3v) is 7.86. The number of carbonyl (C=O) groups excluding carboxylic acids is 1. The van der Waals surface area contributed by atoms with Crippen LogP contribution >= 0.6 is 0 Å². The number of nitrogens with two attached hydrogens (primary N) is 1. The standard InChI is InChI=1S/C30H38N6O2/c1-6-21-16-32-29-22(8-7-9-23(29)33-21)26-19(4)27(31)30(34-28(26)20-10-11-20)35-13-14-36(24(17-35)18(2)3)25(37)12-15-38-5/h6-9,16,18,20,24H,1,10-15,17,31H2,2-5H3/t24-/m0/s1. The maximum Gasteiger partial charge on any atom is 0.225 e. The maximum atomic E-state index is 12.9. The van der Waals surface area contributed by atoms with Gasteiger partial charge in [-0.2, -0.15) is 0 Å². The van der Waals surface area contributed by atoms with Gasteiger partial charge in [0.05, 0.1) is 53.4 Å². The van der Waals surface area contributed by atoms with E-state index in [1.54, 1.807) is 19.4 Å². The summed E-state index contributed by atoms with van der Waals surface area (Å²) in [4.78, 5) is 31.9. The highest BCUT2D eigenvalue weighted by atomic mass is 16.5. The highest BCUT2D eigenvalue weighted by Gasteiger charge is 2.36. The van der Waals surface area contributed by atoms with E-state index in [2.05, 4.69) is 38.3 Å². The van der Waals surface area contributed by atoms with Crippen molar-refractivity contribution in [3.63, 3.8) is 0 Å². The van der Waals surface area contributed by atoms with Crippen LogP contribution in [0.1, 0.15) is 56.0 Å². The van der Waals surface area contributed by atoms with E-state index in [1.165, 1.54) is 0 Å². The van der Waals surface area contributed by atoms with Crippen LogP contribution in [0, 0.1) is 12.8 Å². The Labute approximate surface area is 224 Å². The number of nitrogen functional groups attached to an aromatic ring is 1. The average Bonchev–Trinajstić information content (AvgIpc) is 3.77. The topological polar surface area (TPSA) is 97.5 Å². The molecule has 1 saturated heterocycles. The molecule has 0 spiro atoms. The second-order valence-electron chi connectivity index (χ2n) is 10.8. The molecule has 1 atom stereocenters. The first-order chi connectivity index (χ1) is 18.3. The van der Waals surface area contributed by atoms with Crippen molar-refractivity contribution in [2.45, 2.75) is 52.0 Å². The molecule has 200 valence electrons. The lowest BCUT2D eigenvalue weighted by Crippen LogP contribution is -2.57. The Morgan fingerprint density at radius 1 is 1.26 bits per heavy atom. The van der Waals surface area contributed by atoms with E-state index in [-0.39, 0.29) is 11.9 Å². The molecule has 3 aromatic rings. The fourth-order valence-electron chi connectivity index (χ4n) is 5.53. The molecule has 2 aromatic heterocycles. The molecule has 1 amide bonds. The molecule has 8 heteroatoms. The maximum absolute atomic E-state index is 12.9. The SMILES string of the molecule is C=Cc1cnc2c(-c3c(C4CC4)nc(N4CCN(C(=O)CCOC)[C@H](C(C)C)C4)c(N)c3C)cccc2n1. The van der Waals surface area contributed by atoms with Gasteiger partial charge in [0.1, 0.15) is 0 Å². The van der Waals surface area contributed by atoms with E-state index in [1.807, 2.05) is 17.0 Å². The molecule has 2 aliphatic rings. The second kappa shape index (κ2) is 10.7. The number of hydrogen-bond acceptors (Lipinski definition) is 7. The second-order valence-corrected chi connectivity index (χ2v) is 10.8. The molecule has 1 aliphatic carbocycles. The third kappa shape index (κ3) is 4.85. The number of hydrogen-bond donors (Lipinski definition) is 1. The van der Waals surface area contributed by atoms with E-state index in [9.17, 15) is 4.79 Å². The Balaban J connectivity index is 1.54. The number of carbonyl (C=O) groups is 1. The van der Waals surface area contributed by atoms with Crippen LogP contribution < -0.4 is 10.6 Å². The minimum atomic E-state index is 0.0889. The van der Waals surface area contributed by atoms with Crippen molar-refractivity contribution in [3.8, 4) is 11.1 Å². The molecule has 3 heterocycles. The predicted octanol–water partition coefficient (Wildman–Crippen LogP) is 4.81. The van der Waals surface area contributed by atoms with Crippen LogP contribution in [0.15, 0.2) is 31.0 Å². The highest BCUT2D eigenvalue weighted by molar-refractivity contribution is 5.95. The molecule has 0 unspecified atom stereocenters. The summed E-state index contributed by atoms with van der Waals surface area (Å²) in [5.41, 5.74) is 14.2. The van der Waals surface area contributed by atoms with Gasteiger partial charge in [0.25, 0.3) is 0 Å². The number of fused-ring (bicyclic) bond motifs is 1.